The summed E-state index contributed by atoms with van der Waals surface area (Å²) in [6.45, 7) is 0. The molecule has 2 rings (SSSR count). The zero-order valence-corrected chi connectivity index (χ0v) is 7.68. The first-order valence-corrected chi connectivity index (χ1v) is 4.21. The van der Waals surface area contributed by atoms with Gasteiger partial charge in [0, 0.05) is 6.07 Å². The van der Waals surface area contributed by atoms with Crippen LogP contribution in [0.25, 0.3) is 11.0 Å². The number of H-pyrrole nitrogens is 2. The number of hydrogen-bond acceptors (Lipinski definition) is 1. The Morgan fingerprint density at radius 1 is 1.18 bits per heavy atom. The predicted octanol–water partition coefficient (Wildman–Crippen LogP) is 1.46. The van der Waals surface area contributed by atoms with E-state index in [1.807, 2.05) is 6.07 Å². The largest absolute Gasteiger partial charge is 0.349 e. The zero-order chi connectivity index (χ0) is 7.84. The number of halogens is 1. The van der Waals surface area contributed by atoms with Crippen molar-refractivity contribution in [3.8, 4) is 0 Å². The van der Waals surface area contributed by atoms with Crippen LogP contribution in [0.2, 0.25) is 0 Å². The van der Waals surface area contributed by atoms with Crippen LogP contribution in [0.15, 0.2) is 23.0 Å². The Balaban J connectivity index is 2.92. The molecule has 56 valence electrons. The van der Waals surface area contributed by atoms with Crippen molar-refractivity contribution in [2.75, 3.05) is 0 Å². The summed E-state index contributed by atoms with van der Waals surface area (Å²) in [7, 11) is 0. The maximum absolute atomic E-state index is 10.8. The van der Waals surface area contributed by atoms with Crippen molar-refractivity contribution in [3.63, 3.8) is 0 Å². The van der Waals surface area contributed by atoms with E-state index in [0.717, 1.165) is 14.7 Å². The minimum atomic E-state index is -0.0621. The molecular formula is C7H5IN2O. The number of pyridine rings is 1. The van der Waals surface area contributed by atoms with Crippen LogP contribution >= 0.6 is 22.6 Å². The summed E-state index contributed by atoms with van der Waals surface area (Å²) in [6.07, 6.45) is 0. The Hall–Kier alpha value is -0.780. The molecule has 11 heavy (non-hydrogen) atoms. The third-order valence-electron chi connectivity index (χ3n) is 1.47. The first kappa shape index (κ1) is 6.90. The topological polar surface area (TPSA) is 48.6 Å². The van der Waals surface area contributed by atoms with Gasteiger partial charge < -0.3 is 9.97 Å². The molecule has 0 saturated carbocycles. The van der Waals surface area contributed by atoms with Gasteiger partial charge in [0.2, 0.25) is 5.56 Å². The highest BCUT2D eigenvalue weighted by atomic mass is 127. The van der Waals surface area contributed by atoms with Crippen LogP contribution in [0.4, 0.5) is 0 Å². The van der Waals surface area contributed by atoms with E-state index in [2.05, 4.69) is 32.6 Å². The van der Waals surface area contributed by atoms with Gasteiger partial charge >= 0.3 is 0 Å². The van der Waals surface area contributed by atoms with Crippen molar-refractivity contribution in [1.82, 2.24) is 9.97 Å². The van der Waals surface area contributed by atoms with Gasteiger partial charge in [-0.1, -0.05) is 0 Å². The molecule has 0 unspecified atom stereocenters. The Kier molecular flexibility index (Phi) is 1.49. The van der Waals surface area contributed by atoms with Crippen molar-refractivity contribution in [2.24, 2.45) is 0 Å². The smallest absolute Gasteiger partial charge is 0.248 e. The number of rotatable bonds is 0. The lowest BCUT2D eigenvalue weighted by atomic mass is 10.4. The minimum Gasteiger partial charge on any atom is -0.349 e. The molecule has 0 fully saturated rings. The third-order valence-corrected chi connectivity index (χ3v) is 2.06. The summed E-state index contributed by atoms with van der Waals surface area (Å²) in [5.41, 5.74) is 1.77. The molecule has 4 heteroatoms. The second kappa shape index (κ2) is 2.37. The number of aromatic amines is 2. The number of fused-ring (bicyclic) bond motifs is 1. The van der Waals surface area contributed by atoms with E-state index in [1.54, 1.807) is 6.07 Å². The fraction of sp³-hybridized carbons (Fsp3) is 0. The lowest BCUT2D eigenvalue weighted by Gasteiger charge is -1.84. The molecule has 0 amide bonds. The fourth-order valence-electron chi connectivity index (χ4n) is 1.00. The van der Waals surface area contributed by atoms with Crippen molar-refractivity contribution in [2.45, 2.75) is 0 Å². The van der Waals surface area contributed by atoms with Crippen LogP contribution in [0.3, 0.4) is 0 Å². The van der Waals surface area contributed by atoms with Gasteiger partial charge in [-0.25, -0.2) is 0 Å². The molecule has 0 spiro atoms. The summed E-state index contributed by atoms with van der Waals surface area (Å²) < 4.78 is 1.03. The Bertz CT molecular complexity index is 443. The summed E-state index contributed by atoms with van der Waals surface area (Å²) in [5, 5.41) is 0. The normalized spacial score (nSPS) is 10.6. The van der Waals surface area contributed by atoms with Crippen LogP contribution in [0.5, 0.6) is 0 Å². The average Bonchev–Trinajstić information content (AvgIpc) is 2.27. The van der Waals surface area contributed by atoms with E-state index < -0.39 is 0 Å². The predicted molar refractivity (Wildman–Crippen MR) is 51.6 cm³/mol. The van der Waals surface area contributed by atoms with Crippen molar-refractivity contribution in [3.05, 3.63) is 32.3 Å². The van der Waals surface area contributed by atoms with E-state index in [0.29, 0.717) is 0 Å². The van der Waals surface area contributed by atoms with Gasteiger partial charge in [-0.2, -0.15) is 0 Å². The SMILES string of the molecule is O=c1ccc2[nH]c(I)cc2[nH]1. The Labute approximate surface area is 76.0 Å². The van der Waals surface area contributed by atoms with E-state index in [9.17, 15) is 4.79 Å². The highest BCUT2D eigenvalue weighted by Gasteiger charge is 1.96. The van der Waals surface area contributed by atoms with Gasteiger partial charge in [0.1, 0.15) is 0 Å². The average molecular weight is 260 g/mol. The van der Waals surface area contributed by atoms with Gasteiger partial charge in [0.25, 0.3) is 0 Å². The lowest BCUT2D eigenvalue weighted by Crippen LogP contribution is -2.00. The first-order chi connectivity index (χ1) is 5.25. The molecule has 0 radical (unpaired) electrons. The second-order valence-electron chi connectivity index (χ2n) is 2.27. The molecule has 0 aliphatic carbocycles. The standard InChI is InChI=1S/C7H5IN2O/c8-6-3-5-4(9-6)1-2-7(11)10-5/h1-3,9H,(H,10,11). The van der Waals surface area contributed by atoms with Gasteiger partial charge in [0.15, 0.2) is 0 Å². The minimum absolute atomic E-state index is 0.0621. The van der Waals surface area contributed by atoms with Crippen LogP contribution in [-0.2, 0) is 0 Å². The van der Waals surface area contributed by atoms with Crippen LogP contribution in [-0.4, -0.2) is 9.97 Å². The molecular weight excluding hydrogens is 255 g/mol. The highest BCUT2D eigenvalue weighted by Crippen LogP contribution is 2.11. The third kappa shape index (κ3) is 1.18. The fourth-order valence-corrected chi connectivity index (χ4v) is 1.61. The molecule has 3 nitrogen and oxygen atoms in total. The maximum atomic E-state index is 10.8. The van der Waals surface area contributed by atoms with Crippen molar-refractivity contribution < 1.29 is 0 Å². The maximum Gasteiger partial charge on any atom is 0.248 e. The van der Waals surface area contributed by atoms with Crippen molar-refractivity contribution >= 4 is 33.6 Å². The molecule has 0 bridgehead atoms. The summed E-state index contributed by atoms with van der Waals surface area (Å²) in [5.74, 6) is 0. The van der Waals surface area contributed by atoms with E-state index in [-0.39, 0.29) is 5.56 Å². The zero-order valence-electron chi connectivity index (χ0n) is 5.52. The summed E-state index contributed by atoms with van der Waals surface area (Å²) >= 11 is 2.17. The van der Waals surface area contributed by atoms with Gasteiger partial charge in [-0.3, -0.25) is 4.79 Å². The molecule has 0 aliphatic rings. The molecule has 0 aromatic carbocycles. The van der Waals surface area contributed by atoms with Gasteiger partial charge in [0.05, 0.1) is 14.7 Å². The summed E-state index contributed by atoms with van der Waals surface area (Å²) in [4.78, 5) is 16.6. The molecule has 2 N–H and O–H groups in total. The molecule has 0 saturated heterocycles. The molecule has 2 aromatic rings. The second-order valence-corrected chi connectivity index (χ2v) is 3.43. The van der Waals surface area contributed by atoms with Crippen LogP contribution < -0.4 is 5.56 Å². The van der Waals surface area contributed by atoms with E-state index >= 15 is 0 Å². The number of aromatic nitrogens is 2. The monoisotopic (exact) mass is 260 g/mol. The van der Waals surface area contributed by atoms with Crippen LogP contribution in [0.1, 0.15) is 0 Å². The molecule has 0 atom stereocenters. The van der Waals surface area contributed by atoms with Crippen LogP contribution in [0, 0.1) is 3.70 Å². The number of nitrogens with one attached hydrogen (secondary N) is 2. The molecule has 2 heterocycles. The van der Waals surface area contributed by atoms with E-state index in [1.165, 1.54) is 6.07 Å². The van der Waals surface area contributed by atoms with Gasteiger partial charge in [-0.05, 0) is 34.7 Å². The number of hydrogen-bond donors (Lipinski definition) is 2. The highest BCUT2D eigenvalue weighted by molar-refractivity contribution is 14.1. The quantitative estimate of drug-likeness (QED) is 0.692. The summed E-state index contributed by atoms with van der Waals surface area (Å²) in [6, 6.07) is 5.18. The Morgan fingerprint density at radius 3 is 2.82 bits per heavy atom. The first-order valence-electron chi connectivity index (χ1n) is 3.13. The molecule has 2 aromatic heterocycles. The van der Waals surface area contributed by atoms with Gasteiger partial charge in [-0.15, -0.1) is 0 Å². The molecule has 0 aliphatic heterocycles. The lowest BCUT2D eigenvalue weighted by molar-refractivity contribution is 1.31. The van der Waals surface area contributed by atoms with Crippen molar-refractivity contribution in [1.29, 1.82) is 0 Å². The Morgan fingerprint density at radius 2 is 2.00 bits per heavy atom. The van der Waals surface area contributed by atoms with E-state index in [4.69, 9.17) is 0 Å².